The van der Waals surface area contributed by atoms with Crippen molar-refractivity contribution in [2.45, 2.75) is 19.4 Å². The zero-order chi connectivity index (χ0) is 9.84. The molecule has 2 atom stereocenters. The van der Waals surface area contributed by atoms with Crippen LogP contribution in [-0.4, -0.2) is 37.1 Å². The minimum absolute atomic E-state index is 0.00829. The smallest absolute Gasteiger partial charge is 0.246 e. The number of amides is 1. The Bertz CT molecular complexity index is 203. The standard InChI is InChI=1S/C10H17NO2/c1-4-10(12)11-6-5-8(2)9(7-11)13-3/h4,8-9H,1,5-7H2,2-3H3. The van der Waals surface area contributed by atoms with Crippen LogP contribution in [0, 0.1) is 5.92 Å². The van der Waals surface area contributed by atoms with Crippen molar-refractivity contribution in [2.75, 3.05) is 20.2 Å². The van der Waals surface area contributed by atoms with Crippen molar-refractivity contribution in [3.8, 4) is 0 Å². The van der Waals surface area contributed by atoms with Crippen molar-refractivity contribution in [2.24, 2.45) is 5.92 Å². The van der Waals surface area contributed by atoms with E-state index in [4.69, 9.17) is 4.74 Å². The van der Waals surface area contributed by atoms with Gasteiger partial charge in [-0.3, -0.25) is 4.79 Å². The average molecular weight is 183 g/mol. The van der Waals surface area contributed by atoms with Crippen LogP contribution in [0.2, 0.25) is 0 Å². The lowest BCUT2D eigenvalue weighted by Gasteiger charge is -2.35. The Kier molecular flexibility index (Phi) is 3.48. The van der Waals surface area contributed by atoms with Gasteiger partial charge in [-0.15, -0.1) is 0 Å². The molecule has 1 amide bonds. The lowest BCUT2D eigenvalue weighted by Crippen LogP contribution is -2.46. The number of piperidine rings is 1. The summed E-state index contributed by atoms with van der Waals surface area (Å²) in [5.74, 6) is 0.549. The van der Waals surface area contributed by atoms with Gasteiger partial charge in [0, 0.05) is 20.2 Å². The fourth-order valence-electron chi connectivity index (χ4n) is 1.67. The summed E-state index contributed by atoms with van der Waals surface area (Å²) in [4.78, 5) is 13.1. The average Bonchev–Trinajstić information content (AvgIpc) is 2.17. The molecular weight excluding hydrogens is 166 g/mol. The van der Waals surface area contributed by atoms with Gasteiger partial charge in [0.15, 0.2) is 0 Å². The Hall–Kier alpha value is -0.830. The minimum atomic E-state index is 0.00829. The Morgan fingerprint density at radius 2 is 2.38 bits per heavy atom. The molecule has 1 saturated heterocycles. The van der Waals surface area contributed by atoms with Crippen LogP contribution in [0.3, 0.4) is 0 Å². The Balaban J connectivity index is 2.54. The first-order valence-corrected chi connectivity index (χ1v) is 4.63. The van der Waals surface area contributed by atoms with Crippen molar-refractivity contribution < 1.29 is 9.53 Å². The molecule has 2 unspecified atom stereocenters. The van der Waals surface area contributed by atoms with Gasteiger partial charge in [-0.25, -0.2) is 0 Å². The summed E-state index contributed by atoms with van der Waals surface area (Å²) in [6.45, 7) is 7.15. The van der Waals surface area contributed by atoms with Crippen molar-refractivity contribution in [1.82, 2.24) is 4.90 Å². The van der Waals surface area contributed by atoms with Crippen molar-refractivity contribution in [3.05, 3.63) is 12.7 Å². The molecule has 0 aliphatic carbocycles. The Labute approximate surface area is 79.4 Å². The van der Waals surface area contributed by atoms with Crippen LogP contribution < -0.4 is 0 Å². The second-order valence-corrected chi connectivity index (χ2v) is 3.53. The summed E-state index contributed by atoms with van der Waals surface area (Å²) in [6, 6.07) is 0. The van der Waals surface area contributed by atoms with E-state index in [0.717, 1.165) is 13.0 Å². The van der Waals surface area contributed by atoms with E-state index >= 15 is 0 Å². The summed E-state index contributed by atoms with van der Waals surface area (Å²) in [5.41, 5.74) is 0. The normalized spacial score (nSPS) is 28.6. The van der Waals surface area contributed by atoms with E-state index in [0.29, 0.717) is 12.5 Å². The third kappa shape index (κ3) is 2.31. The maximum atomic E-state index is 11.3. The zero-order valence-electron chi connectivity index (χ0n) is 8.32. The van der Waals surface area contributed by atoms with E-state index in [1.54, 1.807) is 12.0 Å². The third-order valence-electron chi connectivity index (χ3n) is 2.68. The second-order valence-electron chi connectivity index (χ2n) is 3.53. The number of likely N-dealkylation sites (tertiary alicyclic amines) is 1. The van der Waals surface area contributed by atoms with E-state index in [2.05, 4.69) is 13.5 Å². The van der Waals surface area contributed by atoms with Gasteiger partial charge in [-0.05, 0) is 18.4 Å². The molecule has 13 heavy (non-hydrogen) atoms. The predicted octanol–water partition coefficient (Wildman–Crippen LogP) is 1.06. The van der Waals surface area contributed by atoms with Crippen molar-refractivity contribution >= 4 is 5.91 Å². The number of hydrogen-bond donors (Lipinski definition) is 0. The third-order valence-corrected chi connectivity index (χ3v) is 2.68. The van der Waals surface area contributed by atoms with Gasteiger partial charge in [0.25, 0.3) is 0 Å². The molecule has 0 saturated carbocycles. The molecule has 0 N–H and O–H groups in total. The van der Waals surface area contributed by atoms with Crippen LogP contribution in [0.4, 0.5) is 0 Å². The Morgan fingerprint density at radius 1 is 1.69 bits per heavy atom. The summed E-state index contributed by atoms with van der Waals surface area (Å²) in [6.07, 6.45) is 2.55. The summed E-state index contributed by atoms with van der Waals surface area (Å²) in [7, 11) is 1.70. The fraction of sp³-hybridized carbons (Fsp3) is 0.700. The monoisotopic (exact) mass is 183 g/mol. The molecule has 3 heteroatoms. The quantitative estimate of drug-likeness (QED) is 0.599. The molecule has 1 aliphatic rings. The molecular formula is C10H17NO2. The van der Waals surface area contributed by atoms with E-state index in [1.807, 2.05) is 0 Å². The molecule has 0 spiro atoms. The molecule has 1 fully saturated rings. The lowest BCUT2D eigenvalue weighted by atomic mass is 9.96. The maximum Gasteiger partial charge on any atom is 0.246 e. The van der Waals surface area contributed by atoms with Gasteiger partial charge in [-0.1, -0.05) is 13.5 Å². The van der Waals surface area contributed by atoms with Crippen LogP contribution in [0.25, 0.3) is 0 Å². The van der Waals surface area contributed by atoms with Gasteiger partial charge < -0.3 is 9.64 Å². The highest BCUT2D eigenvalue weighted by Gasteiger charge is 2.27. The molecule has 0 aromatic heterocycles. The van der Waals surface area contributed by atoms with Crippen LogP contribution in [0.1, 0.15) is 13.3 Å². The highest BCUT2D eigenvalue weighted by atomic mass is 16.5. The largest absolute Gasteiger partial charge is 0.379 e. The van der Waals surface area contributed by atoms with Crippen LogP contribution in [0.15, 0.2) is 12.7 Å². The molecule has 0 aromatic carbocycles. The second kappa shape index (κ2) is 4.42. The summed E-state index contributed by atoms with van der Waals surface area (Å²) in [5, 5.41) is 0. The molecule has 74 valence electrons. The molecule has 0 aromatic rings. The first-order valence-electron chi connectivity index (χ1n) is 4.63. The number of carbonyl (C=O) groups excluding carboxylic acids is 1. The summed E-state index contributed by atoms with van der Waals surface area (Å²) >= 11 is 0. The topological polar surface area (TPSA) is 29.5 Å². The highest BCUT2D eigenvalue weighted by Crippen LogP contribution is 2.19. The van der Waals surface area contributed by atoms with Crippen molar-refractivity contribution in [1.29, 1.82) is 0 Å². The van der Waals surface area contributed by atoms with Crippen LogP contribution >= 0.6 is 0 Å². The van der Waals surface area contributed by atoms with E-state index in [1.165, 1.54) is 6.08 Å². The van der Waals surface area contributed by atoms with Crippen molar-refractivity contribution in [3.63, 3.8) is 0 Å². The van der Waals surface area contributed by atoms with Gasteiger partial charge in [-0.2, -0.15) is 0 Å². The molecule has 1 rings (SSSR count). The van der Waals surface area contributed by atoms with Crippen LogP contribution in [-0.2, 0) is 9.53 Å². The lowest BCUT2D eigenvalue weighted by molar-refractivity contribution is -0.130. The number of rotatable bonds is 2. The molecule has 1 heterocycles. The molecule has 1 aliphatic heterocycles. The summed E-state index contributed by atoms with van der Waals surface area (Å²) < 4.78 is 5.30. The zero-order valence-corrected chi connectivity index (χ0v) is 8.32. The number of carbonyl (C=O) groups is 1. The number of nitrogens with zero attached hydrogens (tertiary/aromatic N) is 1. The van der Waals surface area contributed by atoms with Crippen LogP contribution in [0.5, 0.6) is 0 Å². The minimum Gasteiger partial charge on any atom is -0.379 e. The predicted molar refractivity (Wildman–Crippen MR) is 51.4 cm³/mol. The molecule has 0 radical (unpaired) electrons. The van der Waals surface area contributed by atoms with Gasteiger partial charge >= 0.3 is 0 Å². The maximum absolute atomic E-state index is 11.3. The van der Waals surface area contributed by atoms with E-state index in [9.17, 15) is 4.79 Å². The molecule has 3 nitrogen and oxygen atoms in total. The number of ether oxygens (including phenoxy) is 1. The fourth-order valence-corrected chi connectivity index (χ4v) is 1.67. The molecule has 0 bridgehead atoms. The number of hydrogen-bond acceptors (Lipinski definition) is 2. The first kappa shape index (κ1) is 10.3. The number of methoxy groups -OCH3 is 1. The van der Waals surface area contributed by atoms with Gasteiger partial charge in [0.1, 0.15) is 0 Å². The SMILES string of the molecule is C=CC(=O)N1CCC(C)C(OC)C1. The van der Waals surface area contributed by atoms with Gasteiger partial charge in [0.2, 0.25) is 5.91 Å². The van der Waals surface area contributed by atoms with E-state index in [-0.39, 0.29) is 12.0 Å². The van der Waals surface area contributed by atoms with E-state index < -0.39 is 0 Å². The Morgan fingerprint density at radius 3 is 2.92 bits per heavy atom. The van der Waals surface area contributed by atoms with Gasteiger partial charge in [0.05, 0.1) is 6.10 Å². The first-order chi connectivity index (χ1) is 6.19. The highest BCUT2D eigenvalue weighted by molar-refractivity contribution is 5.87.